The van der Waals surface area contributed by atoms with E-state index in [4.69, 9.17) is 4.74 Å². The second-order valence-electron chi connectivity index (χ2n) is 3.53. The van der Waals surface area contributed by atoms with E-state index in [-0.39, 0.29) is 45.1 Å². The van der Waals surface area contributed by atoms with Crippen LogP contribution in [0.3, 0.4) is 0 Å². The van der Waals surface area contributed by atoms with Crippen LogP contribution in [0, 0.1) is 0 Å². The van der Waals surface area contributed by atoms with Crippen molar-refractivity contribution in [1.29, 1.82) is 0 Å². The summed E-state index contributed by atoms with van der Waals surface area (Å²) in [6.07, 6.45) is 0. The number of benzene rings is 1. The van der Waals surface area contributed by atoms with Gasteiger partial charge in [0.25, 0.3) is 0 Å². The predicted molar refractivity (Wildman–Crippen MR) is 56.5 cm³/mol. The Morgan fingerprint density at radius 2 is 1.46 bits per heavy atom. The van der Waals surface area contributed by atoms with Crippen molar-refractivity contribution in [3.05, 3.63) is 30.3 Å². The molecule has 0 unspecified atom stereocenters. The average Bonchev–Trinajstić information content (AvgIpc) is 1.85. The number of para-hydroxylation sites is 1. The van der Waals surface area contributed by atoms with Gasteiger partial charge in [-0.25, -0.2) is 0 Å². The Labute approximate surface area is 106 Å². The fourth-order valence-corrected chi connectivity index (χ4v) is 0.842. The van der Waals surface area contributed by atoms with Gasteiger partial charge in [0.05, 0.1) is 0 Å². The molecule has 0 aromatic heterocycles. The zero-order valence-corrected chi connectivity index (χ0v) is 12.0. The first-order valence-corrected chi connectivity index (χ1v) is 3.82. The summed E-state index contributed by atoms with van der Waals surface area (Å²) >= 11 is 0. The van der Waals surface area contributed by atoms with Crippen molar-refractivity contribution in [3.8, 4) is 5.75 Å². The molecule has 13 heavy (non-hydrogen) atoms. The molecule has 1 aromatic rings. The van der Waals surface area contributed by atoms with E-state index in [1.165, 1.54) is 0 Å². The summed E-state index contributed by atoms with van der Waals surface area (Å²) in [5, 5.41) is 0. The Kier molecular flexibility index (Phi) is 8.36. The summed E-state index contributed by atoms with van der Waals surface area (Å²) in [7, 11) is 0. The number of ether oxygens (including phenoxy) is 1. The molecule has 68 valence electrons. The third-order valence-electron chi connectivity index (χ3n) is 1.17. The molecule has 0 saturated carbocycles. The van der Waals surface area contributed by atoms with Crippen LogP contribution in [-0.4, -0.2) is 5.60 Å². The van der Waals surface area contributed by atoms with Gasteiger partial charge in [0.15, 0.2) is 0 Å². The largest absolute Gasteiger partial charge is 1.00 e. The molecule has 0 aliphatic heterocycles. The van der Waals surface area contributed by atoms with Crippen LogP contribution >= 0.6 is 9.90 Å². The van der Waals surface area contributed by atoms with Gasteiger partial charge in [-0.3, -0.25) is 0 Å². The van der Waals surface area contributed by atoms with E-state index in [0.717, 1.165) is 5.75 Å². The van der Waals surface area contributed by atoms with Crippen LogP contribution in [0.25, 0.3) is 0 Å². The Balaban J connectivity index is 0. The normalized spacial score (nSPS) is 9.46. The molecule has 0 N–H and O–H groups in total. The molecule has 0 fully saturated rings. The third-order valence-corrected chi connectivity index (χ3v) is 1.17. The summed E-state index contributed by atoms with van der Waals surface area (Å²) in [6.45, 7) is 6.12. The van der Waals surface area contributed by atoms with E-state index in [1.54, 1.807) is 0 Å². The second-order valence-corrected chi connectivity index (χ2v) is 3.53. The number of hydrogen-bond acceptors (Lipinski definition) is 1. The minimum atomic E-state index is -0.0959. The molecular weight excluding hydrogens is 190 g/mol. The average molecular weight is 206 g/mol. The van der Waals surface area contributed by atoms with Gasteiger partial charge >= 0.3 is 29.6 Å². The summed E-state index contributed by atoms with van der Waals surface area (Å²) in [4.78, 5) is 0. The van der Waals surface area contributed by atoms with Gasteiger partial charge in [0.2, 0.25) is 0 Å². The van der Waals surface area contributed by atoms with Crippen molar-refractivity contribution < 1.29 is 34.3 Å². The minimum Gasteiger partial charge on any atom is -0.577 e. The topological polar surface area (TPSA) is 9.23 Å². The molecule has 0 radical (unpaired) electrons. The monoisotopic (exact) mass is 206 g/mol. The minimum absolute atomic E-state index is 0. The summed E-state index contributed by atoms with van der Waals surface area (Å²) in [6, 6.07) is 9.86. The molecule has 0 spiro atoms. The zero-order valence-electron chi connectivity index (χ0n) is 8.87. The van der Waals surface area contributed by atoms with Gasteiger partial charge in [0.1, 0.15) is 11.4 Å². The second kappa shape index (κ2) is 6.84. The van der Waals surface area contributed by atoms with Crippen molar-refractivity contribution in [3.63, 3.8) is 0 Å². The van der Waals surface area contributed by atoms with Gasteiger partial charge in [0, 0.05) is 0 Å². The Morgan fingerprint density at radius 3 is 1.85 bits per heavy atom. The molecule has 0 bridgehead atoms. The number of rotatable bonds is 1. The Hall–Kier alpha value is 0.450. The van der Waals surface area contributed by atoms with Crippen LogP contribution in [0.15, 0.2) is 30.3 Å². The van der Waals surface area contributed by atoms with E-state index in [2.05, 4.69) is 0 Å². The summed E-state index contributed by atoms with van der Waals surface area (Å²) in [5.74, 6) is 0.931. The number of hydrogen-bond donors (Lipinski definition) is 0. The molecule has 3 heteroatoms. The van der Waals surface area contributed by atoms with E-state index in [0.29, 0.717) is 0 Å². The molecule has 1 nitrogen and oxygen atoms in total. The summed E-state index contributed by atoms with van der Waals surface area (Å²) in [5.41, 5.74) is -0.0959. The molecule has 0 saturated heterocycles. The van der Waals surface area contributed by atoms with Crippen molar-refractivity contribution in [2.75, 3.05) is 0 Å². The zero-order chi connectivity index (χ0) is 8.32. The van der Waals surface area contributed by atoms with Gasteiger partial charge in [-0.1, -0.05) is 18.2 Å². The van der Waals surface area contributed by atoms with Gasteiger partial charge in [-0.2, -0.15) is 0 Å². The molecule has 0 atom stereocenters. The van der Waals surface area contributed by atoms with E-state index >= 15 is 0 Å². The predicted octanol–water partition coefficient (Wildman–Crippen LogP) is 0.194. The van der Waals surface area contributed by atoms with Crippen LogP contribution in [-0.2, 0) is 0 Å². The smallest absolute Gasteiger partial charge is 0.577 e. The first kappa shape index (κ1) is 15.9. The Bertz CT molecular complexity index is 218. The maximum Gasteiger partial charge on any atom is 1.00 e. The van der Waals surface area contributed by atoms with Crippen molar-refractivity contribution >= 4 is 9.90 Å². The van der Waals surface area contributed by atoms with Gasteiger partial charge in [-0.15, -0.1) is 0 Å². The Morgan fingerprint density at radius 1 is 1.00 bits per heavy atom. The molecule has 0 amide bonds. The molecule has 0 heterocycles. The maximum atomic E-state index is 5.60. The van der Waals surface area contributed by atoms with E-state index in [1.807, 2.05) is 51.1 Å². The maximum absolute atomic E-state index is 5.60. The molecule has 1 aromatic carbocycles. The molecule has 1 rings (SSSR count). The fourth-order valence-electron chi connectivity index (χ4n) is 0.842. The van der Waals surface area contributed by atoms with Crippen LogP contribution < -0.4 is 34.3 Å². The van der Waals surface area contributed by atoms with E-state index < -0.39 is 0 Å². The standard InChI is InChI=1S/C10H14O.Na.H2P/c1-10(2,3)11-9-7-5-4-6-8-9;;/h4-8H,1-3H3;;1H2/q;+1;-1. The van der Waals surface area contributed by atoms with Gasteiger partial charge in [-0.05, 0) is 32.9 Å². The van der Waals surface area contributed by atoms with Gasteiger partial charge < -0.3 is 14.6 Å². The van der Waals surface area contributed by atoms with Crippen molar-refractivity contribution in [1.82, 2.24) is 0 Å². The van der Waals surface area contributed by atoms with Crippen molar-refractivity contribution in [2.45, 2.75) is 26.4 Å². The molecular formula is C10H16NaOP. The molecule has 0 aliphatic carbocycles. The first-order valence-electron chi connectivity index (χ1n) is 3.82. The first-order chi connectivity index (χ1) is 5.08. The summed E-state index contributed by atoms with van der Waals surface area (Å²) < 4.78 is 5.60. The van der Waals surface area contributed by atoms with Crippen LogP contribution in [0.5, 0.6) is 5.75 Å². The van der Waals surface area contributed by atoms with Crippen LogP contribution in [0.2, 0.25) is 0 Å². The van der Waals surface area contributed by atoms with Crippen LogP contribution in [0.1, 0.15) is 20.8 Å². The molecule has 0 aliphatic rings. The van der Waals surface area contributed by atoms with Crippen LogP contribution in [0.4, 0.5) is 0 Å². The fraction of sp³-hybridized carbons (Fsp3) is 0.400. The van der Waals surface area contributed by atoms with E-state index in [9.17, 15) is 0 Å². The quantitative estimate of drug-likeness (QED) is 0.471. The third kappa shape index (κ3) is 7.52. The van der Waals surface area contributed by atoms with Crippen molar-refractivity contribution in [2.24, 2.45) is 0 Å². The SMILES string of the molecule is CC(C)(C)Oc1ccccc1.[Na+].[PH2-].